The molecule has 0 unspecified atom stereocenters. The maximum Gasteiger partial charge on any atom is 0.320 e. The molecule has 5 heteroatoms. The molecule has 0 aromatic rings. The highest BCUT2D eigenvalue weighted by Gasteiger charge is 2.34. The standard InChI is InChI=1S/C11H22O4Si/c1-6-14-10(12)9(8-16(3,4)5)11(13)15-7-2/h9H,6-8H2,1-5H3. The second-order valence-corrected chi connectivity index (χ2v) is 10.4. The summed E-state index contributed by atoms with van der Waals surface area (Å²) in [6.45, 7) is 10.4. The van der Waals surface area contributed by atoms with Gasteiger partial charge < -0.3 is 9.47 Å². The molecular weight excluding hydrogens is 224 g/mol. The average Bonchev–Trinajstić information content (AvgIpc) is 2.13. The van der Waals surface area contributed by atoms with Gasteiger partial charge in [-0.2, -0.15) is 0 Å². The maximum absolute atomic E-state index is 11.6. The molecular formula is C11H22O4Si. The molecule has 0 aliphatic carbocycles. The fraction of sp³-hybridized carbons (Fsp3) is 0.818. The van der Waals surface area contributed by atoms with Gasteiger partial charge in [-0.05, 0) is 19.9 Å². The van der Waals surface area contributed by atoms with Gasteiger partial charge in [0.05, 0.1) is 13.2 Å². The highest BCUT2D eigenvalue weighted by atomic mass is 28.3. The van der Waals surface area contributed by atoms with Crippen LogP contribution in [0.3, 0.4) is 0 Å². The molecule has 0 saturated carbocycles. The van der Waals surface area contributed by atoms with Gasteiger partial charge in [-0.3, -0.25) is 9.59 Å². The number of ether oxygens (including phenoxy) is 2. The third-order valence-electron chi connectivity index (χ3n) is 1.96. The topological polar surface area (TPSA) is 52.6 Å². The van der Waals surface area contributed by atoms with Crippen molar-refractivity contribution in [3.63, 3.8) is 0 Å². The minimum atomic E-state index is -1.51. The highest BCUT2D eigenvalue weighted by Crippen LogP contribution is 2.19. The van der Waals surface area contributed by atoms with Crippen LogP contribution in [0.2, 0.25) is 25.7 Å². The Balaban J connectivity index is 4.62. The van der Waals surface area contributed by atoms with Crippen molar-refractivity contribution in [1.82, 2.24) is 0 Å². The fourth-order valence-corrected chi connectivity index (χ4v) is 2.92. The molecule has 0 atom stereocenters. The molecule has 0 aliphatic rings. The molecule has 0 spiro atoms. The molecule has 16 heavy (non-hydrogen) atoms. The van der Waals surface area contributed by atoms with Gasteiger partial charge in [-0.15, -0.1) is 0 Å². The number of carbonyl (C=O) groups is 2. The van der Waals surface area contributed by atoms with Gasteiger partial charge in [-0.25, -0.2) is 0 Å². The Morgan fingerprint density at radius 1 is 1.00 bits per heavy atom. The van der Waals surface area contributed by atoms with Crippen molar-refractivity contribution in [1.29, 1.82) is 0 Å². The number of hydrogen-bond donors (Lipinski definition) is 0. The van der Waals surface area contributed by atoms with Gasteiger partial charge in [0.25, 0.3) is 0 Å². The Morgan fingerprint density at radius 3 is 1.62 bits per heavy atom. The van der Waals surface area contributed by atoms with Crippen LogP contribution in [0, 0.1) is 5.92 Å². The number of rotatable bonds is 6. The van der Waals surface area contributed by atoms with Crippen LogP contribution in [0.4, 0.5) is 0 Å². The summed E-state index contributed by atoms with van der Waals surface area (Å²) in [5.41, 5.74) is 0. The molecule has 0 aromatic heterocycles. The Labute approximate surface area is 98.3 Å². The van der Waals surface area contributed by atoms with Crippen LogP contribution in [0.25, 0.3) is 0 Å². The van der Waals surface area contributed by atoms with E-state index in [0.29, 0.717) is 19.3 Å². The van der Waals surface area contributed by atoms with Crippen molar-refractivity contribution < 1.29 is 19.1 Å². The van der Waals surface area contributed by atoms with Crippen molar-refractivity contribution in [3.8, 4) is 0 Å². The first-order valence-electron chi connectivity index (χ1n) is 5.65. The maximum atomic E-state index is 11.6. The first kappa shape index (κ1) is 15.2. The molecule has 0 fully saturated rings. The molecule has 94 valence electrons. The normalized spacial score (nSPS) is 11.4. The van der Waals surface area contributed by atoms with Crippen molar-refractivity contribution >= 4 is 20.0 Å². The quantitative estimate of drug-likeness (QED) is 0.409. The van der Waals surface area contributed by atoms with E-state index in [2.05, 4.69) is 19.6 Å². The molecule has 0 bridgehead atoms. The summed E-state index contributed by atoms with van der Waals surface area (Å²) < 4.78 is 9.80. The Bertz CT molecular complexity index is 227. The SMILES string of the molecule is CCOC(=O)C(C[Si](C)(C)C)C(=O)OCC. The summed E-state index contributed by atoms with van der Waals surface area (Å²) in [7, 11) is -1.51. The van der Waals surface area contributed by atoms with Crippen LogP contribution in [0.5, 0.6) is 0 Å². The first-order valence-corrected chi connectivity index (χ1v) is 9.35. The van der Waals surface area contributed by atoms with E-state index in [1.807, 2.05) is 0 Å². The predicted octanol–water partition coefficient (Wildman–Crippen LogP) is 2.07. The Morgan fingerprint density at radius 2 is 1.38 bits per heavy atom. The summed E-state index contributed by atoms with van der Waals surface area (Å²) >= 11 is 0. The zero-order valence-corrected chi connectivity index (χ0v) is 11.8. The van der Waals surface area contributed by atoms with Crippen molar-refractivity contribution in [3.05, 3.63) is 0 Å². The van der Waals surface area contributed by atoms with Crippen LogP contribution < -0.4 is 0 Å². The van der Waals surface area contributed by atoms with Crippen molar-refractivity contribution in [2.75, 3.05) is 13.2 Å². The Kier molecular flexibility index (Phi) is 6.33. The van der Waals surface area contributed by atoms with Gasteiger partial charge in [0.15, 0.2) is 5.92 Å². The van der Waals surface area contributed by atoms with E-state index in [-0.39, 0.29) is 0 Å². The third kappa shape index (κ3) is 5.90. The minimum absolute atomic E-state index is 0.292. The Hall–Kier alpha value is -0.843. The summed E-state index contributed by atoms with van der Waals surface area (Å²) in [4.78, 5) is 23.3. The molecule has 0 amide bonds. The van der Waals surface area contributed by atoms with E-state index in [9.17, 15) is 9.59 Å². The molecule has 0 aromatic carbocycles. The second-order valence-electron chi connectivity index (χ2n) is 4.82. The van der Waals surface area contributed by atoms with E-state index in [1.165, 1.54) is 0 Å². The molecule has 0 heterocycles. The zero-order valence-electron chi connectivity index (χ0n) is 10.8. The van der Waals surface area contributed by atoms with E-state index in [1.54, 1.807) is 13.8 Å². The van der Waals surface area contributed by atoms with E-state index in [0.717, 1.165) is 0 Å². The number of esters is 2. The van der Waals surface area contributed by atoms with E-state index >= 15 is 0 Å². The smallest absolute Gasteiger partial charge is 0.320 e. The van der Waals surface area contributed by atoms with Crippen LogP contribution in [-0.4, -0.2) is 33.2 Å². The number of carbonyl (C=O) groups excluding carboxylic acids is 2. The molecule has 4 nitrogen and oxygen atoms in total. The lowest BCUT2D eigenvalue weighted by Crippen LogP contribution is -2.35. The van der Waals surface area contributed by atoms with Gasteiger partial charge in [-0.1, -0.05) is 19.6 Å². The lowest BCUT2D eigenvalue weighted by atomic mass is 10.2. The molecule has 0 N–H and O–H groups in total. The van der Waals surface area contributed by atoms with Crippen molar-refractivity contribution in [2.45, 2.75) is 39.5 Å². The summed E-state index contributed by atoms with van der Waals surface area (Å²) in [5, 5.41) is 0. The van der Waals surface area contributed by atoms with Gasteiger partial charge in [0, 0.05) is 8.07 Å². The largest absolute Gasteiger partial charge is 0.465 e. The van der Waals surface area contributed by atoms with Gasteiger partial charge in [0.1, 0.15) is 0 Å². The average molecular weight is 246 g/mol. The van der Waals surface area contributed by atoms with Crippen LogP contribution in [-0.2, 0) is 19.1 Å². The lowest BCUT2D eigenvalue weighted by Gasteiger charge is -2.21. The first-order chi connectivity index (χ1) is 7.31. The van der Waals surface area contributed by atoms with Crippen LogP contribution in [0.1, 0.15) is 13.8 Å². The summed E-state index contributed by atoms with van der Waals surface area (Å²) in [6, 6.07) is 0.574. The van der Waals surface area contributed by atoms with Crippen molar-refractivity contribution in [2.24, 2.45) is 5.92 Å². The van der Waals surface area contributed by atoms with E-state index < -0.39 is 25.9 Å². The summed E-state index contributed by atoms with van der Waals surface area (Å²) in [6.07, 6.45) is 0. The fourth-order valence-electron chi connectivity index (χ4n) is 1.36. The predicted molar refractivity (Wildman–Crippen MR) is 64.9 cm³/mol. The minimum Gasteiger partial charge on any atom is -0.465 e. The number of hydrogen-bond acceptors (Lipinski definition) is 4. The van der Waals surface area contributed by atoms with Gasteiger partial charge in [0.2, 0.25) is 0 Å². The molecule has 0 saturated heterocycles. The van der Waals surface area contributed by atoms with Crippen LogP contribution >= 0.6 is 0 Å². The summed E-state index contributed by atoms with van der Waals surface area (Å²) in [5.74, 6) is -1.65. The monoisotopic (exact) mass is 246 g/mol. The molecule has 0 rings (SSSR count). The molecule has 0 aliphatic heterocycles. The lowest BCUT2D eigenvalue weighted by molar-refractivity contribution is -0.160. The zero-order chi connectivity index (χ0) is 12.8. The third-order valence-corrected chi connectivity index (χ3v) is 3.59. The van der Waals surface area contributed by atoms with E-state index in [4.69, 9.17) is 9.47 Å². The van der Waals surface area contributed by atoms with Gasteiger partial charge >= 0.3 is 11.9 Å². The molecule has 0 radical (unpaired) electrons. The van der Waals surface area contributed by atoms with Crippen LogP contribution in [0.15, 0.2) is 0 Å². The highest BCUT2D eigenvalue weighted by molar-refractivity contribution is 6.76. The second kappa shape index (κ2) is 6.68.